The van der Waals surface area contributed by atoms with Crippen molar-refractivity contribution in [1.29, 1.82) is 0 Å². The normalized spacial score (nSPS) is 10.7. The minimum absolute atomic E-state index is 0.227. The molecule has 0 aliphatic rings. The van der Waals surface area contributed by atoms with Crippen molar-refractivity contribution in [3.8, 4) is 16.9 Å². The molecule has 1 N–H and O–H groups in total. The molecule has 1 radical (unpaired) electrons. The summed E-state index contributed by atoms with van der Waals surface area (Å²) < 4.78 is 5.57. The Kier molecular flexibility index (Phi) is 3.69. The van der Waals surface area contributed by atoms with Crippen LogP contribution in [0, 0.1) is 0 Å². The van der Waals surface area contributed by atoms with Crippen LogP contribution in [-0.4, -0.2) is 22.9 Å². The van der Waals surface area contributed by atoms with Crippen molar-refractivity contribution >= 4 is 17.3 Å². The lowest BCUT2D eigenvalue weighted by Gasteiger charge is -2.06. The van der Waals surface area contributed by atoms with Gasteiger partial charge < -0.3 is 9.72 Å². The topological polar surface area (TPSA) is 55.0 Å². The van der Waals surface area contributed by atoms with Gasteiger partial charge in [-0.05, 0) is 41.8 Å². The summed E-state index contributed by atoms with van der Waals surface area (Å²) in [5.41, 5.74) is 3.73. The Labute approximate surface area is 122 Å². The summed E-state index contributed by atoms with van der Waals surface area (Å²) in [7, 11) is 0. The molecule has 0 bridgehead atoms. The van der Waals surface area contributed by atoms with Gasteiger partial charge in [-0.3, -0.25) is 4.79 Å². The maximum absolute atomic E-state index is 10.6. The van der Waals surface area contributed by atoms with E-state index < -0.39 is 0 Å². The molecule has 0 aliphatic heterocycles. The highest BCUT2D eigenvalue weighted by molar-refractivity contribution is 5.85. The standard InChI is InChI=1S/C17H15N2O2/c1-2-9-21-14-6-3-12(4-7-14)13-5-8-15-16(10-13)19-17(11-20)18-15/h3-8,10H,2,9H2,1H3,(H,18,19). The van der Waals surface area contributed by atoms with Gasteiger partial charge >= 0.3 is 0 Å². The first-order valence-corrected chi connectivity index (χ1v) is 6.91. The van der Waals surface area contributed by atoms with Gasteiger partial charge in [0.05, 0.1) is 17.6 Å². The van der Waals surface area contributed by atoms with Gasteiger partial charge in [0, 0.05) is 0 Å². The number of aromatic amines is 1. The number of ether oxygens (including phenoxy) is 1. The zero-order chi connectivity index (χ0) is 14.7. The van der Waals surface area contributed by atoms with Crippen LogP contribution in [0.15, 0.2) is 42.5 Å². The molecule has 3 aromatic rings. The van der Waals surface area contributed by atoms with Gasteiger partial charge in [0.15, 0.2) is 5.82 Å². The SMILES string of the molecule is CCCOc1ccc(-c2ccc3[nH]c([C]=O)nc3c2)cc1. The highest BCUT2D eigenvalue weighted by Gasteiger charge is 2.05. The van der Waals surface area contributed by atoms with E-state index in [1.54, 1.807) is 6.29 Å². The number of rotatable bonds is 5. The summed E-state index contributed by atoms with van der Waals surface area (Å²) in [6, 6.07) is 13.8. The van der Waals surface area contributed by atoms with Gasteiger partial charge in [-0.25, -0.2) is 4.98 Å². The minimum atomic E-state index is 0.227. The fourth-order valence-corrected chi connectivity index (χ4v) is 2.20. The largest absolute Gasteiger partial charge is 0.494 e. The van der Waals surface area contributed by atoms with Crippen molar-refractivity contribution in [2.24, 2.45) is 0 Å². The zero-order valence-electron chi connectivity index (χ0n) is 11.7. The first-order valence-electron chi connectivity index (χ1n) is 6.91. The van der Waals surface area contributed by atoms with E-state index in [4.69, 9.17) is 4.74 Å². The number of aromatic nitrogens is 2. The summed E-state index contributed by atoms with van der Waals surface area (Å²) >= 11 is 0. The average Bonchev–Trinajstić information content (AvgIpc) is 2.95. The van der Waals surface area contributed by atoms with Crippen LogP contribution in [0.5, 0.6) is 5.75 Å². The molecule has 0 atom stereocenters. The van der Waals surface area contributed by atoms with Crippen molar-refractivity contribution < 1.29 is 9.53 Å². The number of fused-ring (bicyclic) bond motifs is 1. The summed E-state index contributed by atoms with van der Waals surface area (Å²) in [4.78, 5) is 17.7. The van der Waals surface area contributed by atoms with E-state index in [-0.39, 0.29) is 5.82 Å². The van der Waals surface area contributed by atoms with Crippen LogP contribution in [0.2, 0.25) is 0 Å². The van der Waals surface area contributed by atoms with E-state index in [0.29, 0.717) is 0 Å². The lowest BCUT2D eigenvalue weighted by Crippen LogP contribution is -1.94. The molecule has 4 heteroatoms. The van der Waals surface area contributed by atoms with Crippen LogP contribution >= 0.6 is 0 Å². The Hall–Kier alpha value is -2.62. The second-order valence-corrected chi connectivity index (χ2v) is 4.79. The molecule has 0 fully saturated rings. The molecule has 0 aliphatic carbocycles. The molecule has 0 saturated carbocycles. The van der Waals surface area contributed by atoms with E-state index >= 15 is 0 Å². The molecular weight excluding hydrogens is 264 g/mol. The number of nitrogens with one attached hydrogen (secondary N) is 1. The Morgan fingerprint density at radius 1 is 1.14 bits per heavy atom. The van der Waals surface area contributed by atoms with Gasteiger partial charge in [0.2, 0.25) is 0 Å². The smallest absolute Gasteiger partial charge is 0.271 e. The molecule has 1 heterocycles. The quantitative estimate of drug-likeness (QED) is 0.778. The molecule has 1 aromatic heterocycles. The van der Waals surface area contributed by atoms with E-state index in [1.165, 1.54) is 0 Å². The van der Waals surface area contributed by atoms with Gasteiger partial charge in [-0.2, -0.15) is 0 Å². The van der Waals surface area contributed by atoms with Crippen LogP contribution < -0.4 is 4.74 Å². The summed E-state index contributed by atoms with van der Waals surface area (Å²) in [5, 5.41) is 0. The van der Waals surface area contributed by atoms with Crippen molar-refractivity contribution in [3.63, 3.8) is 0 Å². The van der Waals surface area contributed by atoms with Gasteiger partial charge in [-0.15, -0.1) is 0 Å². The van der Waals surface area contributed by atoms with Crippen LogP contribution in [0.1, 0.15) is 19.2 Å². The number of hydrogen-bond donors (Lipinski definition) is 1. The molecule has 4 nitrogen and oxygen atoms in total. The summed E-state index contributed by atoms with van der Waals surface area (Å²) in [5.74, 6) is 1.10. The second-order valence-electron chi connectivity index (χ2n) is 4.79. The molecule has 0 spiro atoms. The average molecular weight is 279 g/mol. The second kappa shape index (κ2) is 5.79. The van der Waals surface area contributed by atoms with Gasteiger partial charge in [-0.1, -0.05) is 25.1 Å². The van der Waals surface area contributed by atoms with Crippen molar-refractivity contribution in [3.05, 3.63) is 48.3 Å². The molecule has 0 unspecified atom stereocenters. The summed E-state index contributed by atoms with van der Waals surface area (Å²) in [6.07, 6.45) is 2.76. The number of imidazole rings is 1. The summed E-state index contributed by atoms with van der Waals surface area (Å²) in [6.45, 7) is 2.81. The minimum Gasteiger partial charge on any atom is -0.494 e. The lowest BCUT2D eigenvalue weighted by atomic mass is 10.1. The van der Waals surface area contributed by atoms with Crippen molar-refractivity contribution in [1.82, 2.24) is 9.97 Å². The number of nitrogens with zero attached hydrogens (tertiary/aromatic N) is 1. The van der Waals surface area contributed by atoms with E-state index in [2.05, 4.69) is 16.9 Å². The lowest BCUT2D eigenvalue weighted by molar-refractivity contribution is 0.317. The van der Waals surface area contributed by atoms with Crippen molar-refractivity contribution in [2.45, 2.75) is 13.3 Å². The van der Waals surface area contributed by atoms with Gasteiger partial charge in [0.1, 0.15) is 5.75 Å². The number of hydrogen-bond acceptors (Lipinski definition) is 3. The number of carbonyl (C=O) groups excluding carboxylic acids is 1. The Balaban J connectivity index is 1.90. The predicted molar refractivity (Wildman–Crippen MR) is 82.1 cm³/mol. The first kappa shape index (κ1) is 13.4. The fraction of sp³-hybridized carbons (Fsp3) is 0.176. The van der Waals surface area contributed by atoms with Crippen LogP contribution in [-0.2, 0) is 4.79 Å². The third-order valence-electron chi connectivity index (χ3n) is 3.24. The maximum atomic E-state index is 10.6. The third-order valence-corrected chi connectivity index (χ3v) is 3.24. The fourth-order valence-electron chi connectivity index (χ4n) is 2.20. The van der Waals surface area contributed by atoms with Crippen molar-refractivity contribution in [2.75, 3.05) is 6.61 Å². The van der Waals surface area contributed by atoms with E-state index in [0.717, 1.165) is 40.9 Å². The van der Waals surface area contributed by atoms with Crippen LogP contribution in [0.25, 0.3) is 22.2 Å². The van der Waals surface area contributed by atoms with Crippen LogP contribution in [0.3, 0.4) is 0 Å². The predicted octanol–water partition coefficient (Wildman–Crippen LogP) is 3.48. The number of H-pyrrole nitrogens is 1. The number of benzene rings is 2. The Morgan fingerprint density at radius 3 is 2.62 bits per heavy atom. The molecule has 2 aromatic carbocycles. The highest BCUT2D eigenvalue weighted by Crippen LogP contribution is 2.25. The molecule has 21 heavy (non-hydrogen) atoms. The van der Waals surface area contributed by atoms with Crippen LogP contribution in [0.4, 0.5) is 0 Å². The first-order chi connectivity index (χ1) is 10.3. The van der Waals surface area contributed by atoms with Gasteiger partial charge in [0.25, 0.3) is 6.29 Å². The maximum Gasteiger partial charge on any atom is 0.271 e. The third kappa shape index (κ3) is 2.79. The molecular formula is C17H15N2O2. The van der Waals surface area contributed by atoms with E-state index in [1.807, 2.05) is 42.5 Å². The molecule has 0 amide bonds. The molecule has 105 valence electrons. The highest BCUT2D eigenvalue weighted by atomic mass is 16.5. The Morgan fingerprint density at radius 2 is 1.90 bits per heavy atom. The zero-order valence-corrected chi connectivity index (χ0v) is 11.7. The molecule has 3 rings (SSSR count). The Bertz CT molecular complexity index is 760. The van der Waals surface area contributed by atoms with E-state index in [9.17, 15) is 4.79 Å². The molecule has 0 saturated heterocycles. The monoisotopic (exact) mass is 279 g/mol.